The highest BCUT2D eigenvalue weighted by atomic mass is 16.1. The lowest BCUT2D eigenvalue weighted by Crippen LogP contribution is -2.28. The van der Waals surface area contributed by atoms with Crippen molar-refractivity contribution in [3.8, 4) is 0 Å². The quantitative estimate of drug-likeness (QED) is 0.740. The highest BCUT2D eigenvalue weighted by Crippen LogP contribution is 2.27. The van der Waals surface area contributed by atoms with Crippen LogP contribution in [0.25, 0.3) is 0 Å². The molecule has 16 heavy (non-hydrogen) atoms. The second-order valence-corrected chi connectivity index (χ2v) is 4.75. The van der Waals surface area contributed by atoms with Gasteiger partial charge in [0.15, 0.2) is 0 Å². The van der Waals surface area contributed by atoms with Gasteiger partial charge in [-0.05, 0) is 31.9 Å². The molecule has 1 saturated carbocycles. The Morgan fingerprint density at radius 1 is 1.19 bits per heavy atom. The zero-order valence-electron chi connectivity index (χ0n) is 9.91. The number of nitrogens with two attached hydrogens (primary N) is 1. The molecule has 2 rings (SSSR count). The smallest absolute Gasteiger partial charge is 0.274 e. The first kappa shape index (κ1) is 11.2. The molecule has 0 amide bonds. The summed E-state index contributed by atoms with van der Waals surface area (Å²) in [6.45, 7) is 1.99. The van der Waals surface area contributed by atoms with Crippen molar-refractivity contribution in [2.75, 3.05) is 5.73 Å². The molecule has 2 N–H and O–H groups in total. The van der Waals surface area contributed by atoms with E-state index in [1.54, 1.807) is 6.07 Å². The number of aryl methyl sites for hydroxylation is 1. The minimum atomic E-state index is -0.00750. The predicted octanol–water partition coefficient (Wildman–Crippen LogP) is 2.63. The van der Waals surface area contributed by atoms with Crippen molar-refractivity contribution in [1.29, 1.82) is 0 Å². The normalized spacial score (nSPS) is 18.3. The number of pyridine rings is 1. The number of nitrogens with zero attached hydrogens (tertiary/aromatic N) is 1. The second-order valence-electron chi connectivity index (χ2n) is 4.75. The van der Waals surface area contributed by atoms with Crippen LogP contribution in [0.1, 0.15) is 50.3 Å². The summed E-state index contributed by atoms with van der Waals surface area (Å²) in [5.74, 6) is 0. The monoisotopic (exact) mass is 220 g/mol. The Hall–Kier alpha value is -1.25. The standard InChI is InChI=1S/C13H20N2O/c1-10-8-9-12(14)13(16)15(10)11-6-4-2-3-5-7-11/h8-9,11H,2-7,14H2,1H3. The van der Waals surface area contributed by atoms with Crippen molar-refractivity contribution in [2.45, 2.75) is 51.5 Å². The Kier molecular flexibility index (Phi) is 3.32. The van der Waals surface area contributed by atoms with E-state index in [1.165, 1.54) is 25.7 Å². The lowest BCUT2D eigenvalue weighted by molar-refractivity contribution is 0.425. The third-order valence-electron chi connectivity index (χ3n) is 3.54. The largest absolute Gasteiger partial charge is 0.394 e. The SMILES string of the molecule is Cc1ccc(N)c(=O)n1C1CCCCCC1. The number of hydrogen-bond donors (Lipinski definition) is 1. The Balaban J connectivity index is 2.38. The van der Waals surface area contributed by atoms with Crippen LogP contribution in [0, 0.1) is 6.92 Å². The van der Waals surface area contributed by atoms with E-state index in [0.29, 0.717) is 11.7 Å². The predicted molar refractivity (Wildman–Crippen MR) is 66.6 cm³/mol. The van der Waals surface area contributed by atoms with Gasteiger partial charge in [0.05, 0.1) is 5.69 Å². The van der Waals surface area contributed by atoms with Crippen LogP contribution in [0.4, 0.5) is 5.69 Å². The molecule has 88 valence electrons. The van der Waals surface area contributed by atoms with Crippen LogP contribution >= 0.6 is 0 Å². The third kappa shape index (κ3) is 2.13. The lowest BCUT2D eigenvalue weighted by atomic mass is 10.1. The van der Waals surface area contributed by atoms with Gasteiger partial charge in [-0.3, -0.25) is 4.79 Å². The highest BCUT2D eigenvalue weighted by molar-refractivity contribution is 5.35. The summed E-state index contributed by atoms with van der Waals surface area (Å²) in [5, 5.41) is 0. The fourth-order valence-corrected chi connectivity index (χ4v) is 2.63. The molecule has 0 aliphatic heterocycles. The summed E-state index contributed by atoms with van der Waals surface area (Å²) in [6.07, 6.45) is 7.28. The van der Waals surface area contributed by atoms with Crippen LogP contribution in [0.3, 0.4) is 0 Å². The summed E-state index contributed by atoms with van der Waals surface area (Å²) < 4.78 is 1.90. The topological polar surface area (TPSA) is 48.0 Å². The van der Waals surface area contributed by atoms with Gasteiger partial charge in [-0.1, -0.05) is 25.7 Å². The van der Waals surface area contributed by atoms with Crippen molar-refractivity contribution < 1.29 is 0 Å². The van der Waals surface area contributed by atoms with Crippen molar-refractivity contribution >= 4 is 5.69 Å². The molecule has 0 aromatic carbocycles. The third-order valence-corrected chi connectivity index (χ3v) is 3.54. The van der Waals surface area contributed by atoms with Gasteiger partial charge in [-0.2, -0.15) is 0 Å². The molecule has 0 radical (unpaired) electrons. The second kappa shape index (κ2) is 4.73. The molecule has 0 atom stereocenters. The van der Waals surface area contributed by atoms with Crippen LogP contribution in [0.15, 0.2) is 16.9 Å². The minimum Gasteiger partial charge on any atom is -0.394 e. The van der Waals surface area contributed by atoms with Gasteiger partial charge < -0.3 is 10.3 Å². The van der Waals surface area contributed by atoms with E-state index in [1.807, 2.05) is 17.6 Å². The molecule has 0 saturated heterocycles. The van der Waals surface area contributed by atoms with Crippen molar-refractivity contribution in [2.24, 2.45) is 0 Å². The molecule has 1 aromatic heterocycles. The maximum absolute atomic E-state index is 12.0. The Morgan fingerprint density at radius 3 is 2.44 bits per heavy atom. The molecule has 1 aliphatic carbocycles. The summed E-state index contributed by atoms with van der Waals surface area (Å²) in [6, 6.07) is 4.02. The van der Waals surface area contributed by atoms with E-state index >= 15 is 0 Å². The van der Waals surface area contributed by atoms with E-state index in [2.05, 4.69) is 0 Å². The molecule has 0 spiro atoms. The van der Waals surface area contributed by atoms with E-state index < -0.39 is 0 Å². The Morgan fingerprint density at radius 2 is 1.81 bits per heavy atom. The first-order valence-electron chi connectivity index (χ1n) is 6.18. The molecule has 1 heterocycles. The van der Waals surface area contributed by atoms with Crippen LogP contribution in [0.2, 0.25) is 0 Å². The molecule has 3 nitrogen and oxygen atoms in total. The molecular weight excluding hydrogens is 200 g/mol. The van der Waals surface area contributed by atoms with Gasteiger partial charge in [0.25, 0.3) is 5.56 Å². The maximum atomic E-state index is 12.0. The molecular formula is C13H20N2O. The van der Waals surface area contributed by atoms with Crippen molar-refractivity contribution in [3.05, 3.63) is 28.2 Å². The minimum absolute atomic E-state index is 0.00750. The Bertz CT molecular complexity index is 414. The van der Waals surface area contributed by atoms with Crippen LogP contribution < -0.4 is 11.3 Å². The first-order valence-corrected chi connectivity index (χ1v) is 6.18. The summed E-state index contributed by atoms with van der Waals surface area (Å²) in [7, 11) is 0. The van der Waals surface area contributed by atoms with Gasteiger partial charge in [0.2, 0.25) is 0 Å². The summed E-state index contributed by atoms with van der Waals surface area (Å²) >= 11 is 0. The van der Waals surface area contributed by atoms with Gasteiger partial charge in [0.1, 0.15) is 0 Å². The van der Waals surface area contributed by atoms with E-state index in [9.17, 15) is 4.79 Å². The average Bonchev–Trinajstić information content (AvgIpc) is 2.53. The van der Waals surface area contributed by atoms with Crippen molar-refractivity contribution in [1.82, 2.24) is 4.57 Å². The summed E-state index contributed by atoms with van der Waals surface area (Å²) in [4.78, 5) is 12.0. The fraction of sp³-hybridized carbons (Fsp3) is 0.615. The van der Waals surface area contributed by atoms with Crippen molar-refractivity contribution in [3.63, 3.8) is 0 Å². The zero-order valence-corrected chi connectivity index (χ0v) is 9.91. The fourth-order valence-electron chi connectivity index (χ4n) is 2.63. The Labute approximate surface area is 96.3 Å². The molecule has 1 aliphatic rings. The van der Waals surface area contributed by atoms with Gasteiger partial charge in [-0.15, -0.1) is 0 Å². The summed E-state index contributed by atoms with van der Waals surface area (Å²) in [5.41, 5.74) is 7.10. The average molecular weight is 220 g/mol. The number of anilines is 1. The molecule has 1 aromatic rings. The van der Waals surface area contributed by atoms with Crippen LogP contribution in [-0.2, 0) is 0 Å². The van der Waals surface area contributed by atoms with E-state index in [4.69, 9.17) is 5.73 Å². The van der Waals surface area contributed by atoms with Crippen LogP contribution in [0.5, 0.6) is 0 Å². The maximum Gasteiger partial charge on any atom is 0.274 e. The number of rotatable bonds is 1. The lowest BCUT2D eigenvalue weighted by Gasteiger charge is -2.20. The number of aromatic nitrogens is 1. The van der Waals surface area contributed by atoms with E-state index in [0.717, 1.165) is 18.5 Å². The molecule has 0 bridgehead atoms. The first-order chi connectivity index (χ1) is 7.70. The van der Waals surface area contributed by atoms with Crippen LogP contribution in [-0.4, -0.2) is 4.57 Å². The zero-order chi connectivity index (χ0) is 11.5. The van der Waals surface area contributed by atoms with Gasteiger partial charge >= 0.3 is 0 Å². The molecule has 3 heteroatoms. The van der Waals surface area contributed by atoms with Gasteiger partial charge in [0, 0.05) is 11.7 Å². The molecule has 0 unspecified atom stereocenters. The highest BCUT2D eigenvalue weighted by Gasteiger charge is 2.17. The molecule has 1 fully saturated rings. The van der Waals surface area contributed by atoms with E-state index in [-0.39, 0.29) is 5.56 Å². The van der Waals surface area contributed by atoms with Gasteiger partial charge in [-0.25, -0.2) is 0 Å². The number of hydrogen-bond acceptors (Lipinski definition) is 2. The number of nitrogen functional groups attached to an aromatic ring is 1.